The second-order valence-corrected chi connectivity index (χ2v) is 7.26. The molecule has 2 unspecified atom stereocenters. The van der Waals surface area contributed by atoms with Crippen molar-refractivity contribution in [2.75, 3.05) is 12.3 Å². The summed E-state index contributed by atoms with van der Waals surface area (Å²) in [5.74, 6) is 0.806. The normalized spacial score (nSPS) is 24.8. The van der Waals surface area contributed by atoms with Gasteiger partial charge in [0.15, 0.2) is 0 Å². The molecule has 104 valence electrons. The molecule has 2 aliphatic rings. The van der Waals surface area contributed by atoms with Gasteiger partial charge in [-0.15, -0.1) is 11.3 Å². The largest absolute Gasteiger partial charge is 0.397 e. The van der Waals surface area contributed by atoms with E-state index >= 15 is 0 Å². The summed E-state index contributed by atoms with van der Waals surface area (Å²) in [4.78, 5) is 15.4. The highest BCUT2D eigenvalue weighted by Crippen LogP contribution is 2.41. The fraction of sp³-hybridized carbons (Fsp3) is 0.400. The van der Waals surface area contributed by atoms with Crippen molar-refractivity contribution < 1.29 is 4.79 Å². The summed E-state index contributed by atoms with van der Waals surface area (Å²) in [7, 11) is 0. The van der Waals surface area contributed by atoms with Gasteiger partial charge in [0.25, 0.3) is 5.91 Å². The summed E-state index contributed by atoms with van der Waals surface area (Å²) in [6.45, 7) is 0.901. The van der Waals surface area contributed by atoms with Crippen LogP contribution >= 0.6 is 22.9 Å². The third-order valence-electron chi connectivity index (χ3n) is 4.55. The van der Waals surface area contributed by atoms with Gasteiger partial charge in [-0.05, 0) is 43.4 Å². The molecule has 0 spiro atoms. The van der Waals surface area contributed by atoms with Crippen LogP contribution in [-0.2, 0) is 0 Å². The molecule has 0 radical (unpaired) electrons. The number of benzene rings is 1. The number of nitrogens with two attached hydrogens (primary N) is 1. The Bertz CT molecular complexity index is 711. The van der Waals surface area contributed by atoms with E-state index in [1.165, 1.54) is 24.2 Å². The molecular weight excluding hydrogens is 292 g/mol. The fourth-order valence-corrected chi connectivity index (χ4v) is 4.91. The molecule has 20 heavy (non-hydrogen) atoms. The van der Waals surface area contributed by atoms with Crippen LogP contribution in [0, 0.1) is 5.92 Å². The minimum atomic E-state index is 0.104. The zero-order chi connectivity index (χ0) is 13.9. The lowest BCUT2D eigenvalue weighted by Gasteiger charge is -2.26. The molecule has 2 atom stereocenters. The number of amides is 1. The van der Waals surface area contributed by atoms with Gasteiger partial charge in [0.05, 0.1) is 5.69 Å². The number of likely N-dealkylation sites (tertiary alicyclic amines) is 1. The SMILES string of the molecule is Nc1c(C(=O)N2CC3CCC2C3)sc2cc(Cl)ccc12. The van der Waals surface area contributed by atoms with Gasteiger partial charge in [0.2, 0.25) is 0 Å². The van der Waals surface area contributed by atoms with Crippen LogP contribution < -0.4 is 5.73 Å². The zero-order valence-electron chi connectivity index (χ0n) is 10.9. The third-order valence-corrected chi connectivity index (χ3v) is 5.95. The van der Waals surface area contributed by atoms with Crippen molar-refractivity contribution in [2.45, 2.75) is 25.3 Å². The van der Waals surface area contributed by atoms with Gasteiger partial charge in [0, 0.05) is 27.7 Å². The van der Waals surface area contributed by atoms with Crippen LogP contribution in [0.2, 0.25) is 5.02 Å². The van der Waals surface area contributed by atoms with E-state index in [-0.39, 0.29) is 5.91 Å². The summed E-state index contributed by atoms with van der Waals surface area (Å²) in [5.41, 5.74) is 6.78. The summed E-state index contributed by atoms with van der Waals surface area (Å²) in [6.07, 6.45) is 3.58. The summed E-state index contributed by atoms with van der Waals surface area (Å²) in [6, 6.07) is 6.03. The lowest BCUT2D eigenvalue weighted by Crippen LogP contribution is -2.37. The van der Waals surface area contributed by atoms with Gasteiger partial charge in [-0.2, -0.15) is 0 Å². The number of hydrogen-bond donors (Lipinski definition) is 1. The molecule has 1 aromatic carbocycles. The molecule has 2 bridgehead atoms. The summed E-state index contributed by atoms with van der Waals surface area (Å²) in [5, 5.41) is 1.62. The minimum Gasteiger partial charge on any atom is -0.397 e. The van der Waals surface area contributed by atoms with Crippen molar-refractivity contribution in [3.05, 3.63) is 28.1 Å². The Morgan fingerprint density at radius 1 is 1.40 bits per heavy atom. The van der Waals surface area contributed by atoms with Crippen LogP contribution in [0.25, 0.3) is 10.1 Å². The van der Waals surface area contributed by atoms with Crippen molar-refractivity contribution in [1.82, 2.24) is 4.90 Å². The van der Waals surface area contributed by atoms with E-state index in [0.29, 0.717) is 27.5 Å². The number of carbonyl (C=O) groups is 1. The molecule has 1 saturated heterocycles. The lowest BCUT2D eigenvalue weighted by molar-refractivity contribution is 0.0709. The van der Waals surface area contributed by atoms with E-state index in [2.05, 4.69) is 0 Å². The quantitative estimate of drug-likeness (QED) is 0.872. The molecule has 2 fully saturated rings. The lowest BCUT2D eigenvalue weighted by atomic mass is 10.1. The van der Waals surface area contributed by atoms with Crippen LogP contribution in [0.15, 0.2) is 18.2 Å². The molecule has 2 heterocycles. The molecule has 4 rings (SSSR count). The molecule has 2 N–H and O–H groups in total. The third kappa shape index (κ3) is 1.75. The Morgan fingerprint density at radius 3 is 2.95 bits per heavy atom. The predicted molar refractivity (Wildman–Crippen MR) is 83.4 cm³/mol. The van der Waals surface area contributed by atoms with E-state index in [1.54, 1.807) is 0 Å². The number of fused-ring (bicyclic) bond motifs is 3. The van der Waals surface area contributed by atoms with E-state index in [0.717, 1.165) is 23.1 Å². The first-order valence-corrected chi connectivity index (χ1v) is 8.11. The van der Waals surface area contributed by atoms with Crippen LogP contribution in [-0.4, -0.2) is 23.4 Å². The summed E-state index contributed by atoms with van der Waals surface area (Å²) < 4.78 is 0.989. The van der Waals surface area contributed by atoms with Gasteiger partial charge in [-0.3, -0.25) is 4.79 Å². The maximum absolute atomic E-state index is 12.7. The second kappa shape index (κ2) is 4.37. The standard InChI is InChI=1S/C15H15ClN2OS/c16-9-2-4-11-12(6-9)20-14(13(11)17)15(19)18-7-8-1-3-10(18)5-8/h2,4,6,8,10H,1,3,5,7,17H2. The highest BCUT2D eigenvalue weighted by molar-refractivity contribution is 7.21. The first-order valence-electron chi connectivity index (χ1n) is 6.92. The smallest absolute Gasteiger partial charge is 0.266 e. The Morgan fingerprint density at radius 2 is 2.25 bits per heavy atom. The van der Waals surface area contributed by atoms with E-state index in [9.17, 15) is 4.79 Å². The zero-order valence-corrected chi connectivity index (χ0v) is 12.5. The van der Waals surface area contributed by atoms with Gasteiger partial charge in [-0.1, -0.05) is 11.6 Å². The van der Waals surface area contributed by atoms with Crippen molar-refractivity contribution in [3.63, 3.8) is 0 Å². The Hall–Kier alpha value is -1.26. The first-order chi connectivity index (χ1) is 9.63. The fourth-order valence-electron chi connectivity index (χ4n) is 3.55. The number of nitrogens with zero attached hydrogens (tertiary/aromatic N) is 1. The molecule has 3 nitrogen and oxygen atoms in total. The van der Waals surface area contributed by atoms with Crippen LogP contribution in [0.1, 0.15) is 28.9 Å². The number of halogens is 1. The number of nitrogen functional groups attached to an aromatic ring is 1. The topological polar surface area (TPSA) is 46.3 Å². The van der Waals surface area contributed by atoms with Gasteiger partial charge >= 0.3 is 0 Å². The van der Waals surface area contributed by atoms with Gasteiger partial charge < -0.3 is 10.6 Å². The maximum atomic E-state index is 12.7. The molecule has 1 aliphatic carbocycles. The number of piperidine rings is 1. The molecule has 2 aromatic rings. The molecule has 1 amide bonds. The highest BCUT2D eigenvalue weighted by atomic mass is 35.5. The van der Waals surface area contributed by atoms with Gasteiger partial charge in [-0.25, -0.2) is 0 Å². The maximum Gasteiger partial charge on any atom is 0.266 e. The molecule has 5 heteroatoms. The number of rotatable bonds is 1. The Labute approximate surface area is 126 Å². The van der Waals surface area contributed by atoms with E-state index in [4.69, 9.17) is 17.3 Å². The highest BCUT2D eigenvalue weighted by Gasteiger charge is 2.41. The Kier molecular flexibility index (Phi) is 2.72. The predicted octanol–water partition coefficient (Wildman–Crippen LogP) is 3.76. The second-order valence-electron chi connectivity index (χ2n) is 5.78. The summed E-state index contributed by atoms with van der Waals surface area (Å²) >= 11 is 7.47. The van der Waals surface area contributed by atoms with Crippen molar-refractivity contribution in [3.8, 4) is 0 Å². The average molecular weight is 307 g/mol. The van der Waals surface area contributed by atoms with Crippen LogP contribution in [0.3, 0.4) is 0 Å². The van der Waals surface area contributed by atoms with Crippen LogP contribution in [0.5, 0.6) is 0 Å². The number of hydrogen-bond acceptors (Lipinski definition) is 3. The molecule has 1 saturated carbocycles. The van der Waals surface area contributed by atoms with E-state index in [1.807, 2.05) is 23.1 Å². The first kappa shape index (κ1) is 12.5. The number of anilines is 1. The number of thiophene rings is 1. The van der Waals surface area contributed by atoms with Gasteiger partial charge in [0.1, 0.15) is 4.88 Å². The van der Waals surface area contributed by atoms with Crippen molar-refractivity contribution in [1.29, 1.82) is 0 Å². The molecule has 1 aliphatic heterocycles. The number of carbonyl (C=O) groups excluding carboxylic acids is 1. The molecular formula is C15H15ClN2OS. The van der Waals surface area contributed by atoms with Crippen LogP contribution in [0.4, 0.5) is 5.69 Å². The average Bonchev–Trinajstić information content (AvgIpc) is 3.12. The Balaban J connectivity index is 1.74. The van der Waals surface area contributed by atoms with E-state index < -0.39 is 0 Å². The monoisotopic (exact) mass is 306 g/mol. The molecule has 1 aromatic heterocycles. The van der Waals surface area contributed by atoms with Crippen molar-refractivity contribution >= 4 is 44.6 Å². The van der Waals surface area contributed by atoms with Crippen molar-refractivity contribution in [2.24, 2.45) is 5.92 Å². The minimum absolute atomic E-state index is 0.104.